The molecule has 84 valence electrons. The summed E-state index contributed by atoms with van der Waals surface area (Å²) in [6.07, 6.45) is 0.523. The van der Waals surface area contributed by atoms with E-state index in [1.165, 1.54) is 5.56 Å². The summed E-state index contributed by atoms with van der Waals surface area (Å²) in [5.41, 5.74) is 8.60. The third-order valence-electron chi connectivity index (χ3n) is 2.53. The third kappa shape index (κ3) is 1.92. The summed E-state index contributed by atoms with van der Waals surface area (Å²) in [7, 11) is 0. The van der Waals surface area contributed by atoms with Gasteiger partial charge in [0.2, 0.25) is 0 Å². The van der Waals surface area contributed by atoms with Gasteiger partial charge in [0.15, 0.2) is 0 Å². The van der Waals surface area contributed by atoms with Crippen LogP contribution in [0.5, 0.6) is 0 Å². The SMILES string of the molecule is Cc1ccc(-c2[nH]oc(=O)c2CCN)cc1. The second-order valence-corrected chi connectivity index (χ2v) is 3.75. The van der Waals surface area contributed by atoms with Gasteiger partial charge in [-0.05, 0) is 19.9 Å². The van der Waals surface area contributed by atoms with Gasteiger partial charge in [-0.2, -0.15) is 0 Å². The first-order valence-electron chi connectivity index (χ1n) is 5.20. The van der Waals surface area contributed by atoms with Crippen molar-refractivity contribution >= 4 is 0 Å². The number of hydrogen-bond acceptors (Lipinski definition) is 3. The van der Waals surface area contributed by atoms with E-state index in [0.717, 1.165) is 11.3 Å². The summed E-state index contributed by atoms with van der Waals surface area (Å²) in [5, 5.41) is 2.65. The number of aryl methyl sites for hydroxylation is 1. The van der Waals surface area contributed by atoms with Crippen molar-refractivity contribution in [1.82, 2.24) is 5.16 Å². The van der Waals surface area contributed by atoms with Crippen LogP contribution in [0.25, 0.3) is 11.3 Å². The molecular weight excluding hydrogens is 204 g/mol. The molecule has 0 aliphatic heterocycles. The second kappa shape index (κ2) is 4.37. The number of hydrogen-bond donors (Lipinski definition) is 2. The molecule has 0 bridgehead atoms. The van der Waals surface area contributed by atoms with E-state index in [2.05, 4.69) is 5.16 Å². The zero-order valence-corrected chi connectivity index (χ0v) is 9.12. The summed E-state index contributed by atoms with van der Waals surface area (Å²) in [6, 6.07) is 7.89. The number of aromatic nitrogens is 1. The molecular formula is C12H14N2O2. The molecule has 3 N–H and O–H groups in total. The molecule has 2 aromatic rings. The molecule has 0 aliphatic carbocycles. The molecule has 0 saturated heterocycles. The van der Waals surface area contributed by atoms with Gasteiger partial charge in [0.05, 0.1) is 11.3 Å². The fourth-order valence-electron chi connectivity index (χ4n) is 1.65. The quantitative estimate of drug-likeness (QED) is 0.818. The van der Waals surface area contributed by atoms with Crippen molar-refractivity contribution in [3.8, 4) is 11.3 Å². The minimum Gasteiger partial charge on any atom is -0.338 e. The van der Waals surface area contributed by atoms with E-state index >= 15 is 0 Å². The third-order valence-corrected chi connectivity index (χ3v) is 2.53. The Kier molecular flexibility index (Phi) is 2.92. The lowest BCUT2D eigenvalue weighted by Gasteiger charge is -2.00. The van der Waals surface area contributed by atoms with Crippen molar-refractivity contribution in [3.63, 3.8) is 0 Å². The summed E-state index contributed by atoms with van der Waals surface area (Å²) in [6.45, 7) is 2.45. The number of nitrogens with two attached hydrogens (primary N) is 1. The minimum atomic E-state index is -0.332. The molecule has 1 aromatic heterocycles. The maximum absolute atomic E-state index is 11.4. The lowest BCUT2D eigenvalue weighted by molar-refractivity contribution is 0.392. The number of aromatic amines is 1. The Morgan fingerprint density at radius 3 is 2.62 bits per heavy atom. The molecule has 2 rings (SSSR count). The maximum Gasteiger partial charge on any atom is 0.361 e. The van der Waals surface area contributed by atoms with E-state index in [0.29, 0.717) is 18.5 Å². The molecule has 1 aromatic carbocycles. The lowest BCUT2D eigenvalue weighted by Crippen LogP contribution is -2.10. The molecule has 0 saturated carbocycles. The first-order chi connectivity index (χ1) is 7.72. The van der Waals surface area contributed by atoms with Gasteiger partial charge in [-0.25, -0.2) is 9.95 Å². The largest absolute Gasteiger partial charge is 0.361 e. The molecule has 0 atom stereocenters. The molecule has 0 aliphatic rings. The highest BCUT2D eigenvalue weighted by Gasteiger charge is 2.12. The summed E-state index contributed by atoms with van der Waals surface area (Å²) in [4.78, 5) is 11.4. The zero-order valence-electron chi connectivity index (χ0n) is 9.12. The zero-order chi connectivity index (χ0) is 11.5. The molecule has 0 spiro atoms. The van der Waals surface area contributed by atoms with Gasteiger partial charge >= 0.3 is 5.63 Å². The highest BCUT2D eigenvalue weighted by Crippen LogP contribution is 2.20. The van der Waals surface area contributed by atoms with Crippen LogP contribution in [0.2, 0.25) is 0 Å². The summed E-state index contributed by atoms with van der Waals surface area (Å²) >= 11 is 0. The van der Waals surface area contributed by atoms with Gasteiger partial charge in [0, 0.05) is 5.56 Å². The highest BCUT2D eigenvalue weighted by molar-refractivity contribution is 5.62. The normalized spacial score (nSPS) is 10.6. The Hall–Kier alpha value is -1.81. The molecule has 1 heterocycles. The molecule has 0 amide bonds. The Morgan fingerprint density at radius 2 is 2.00 bits per heavy atom. The maximum atomic E-state index is 11.4. The van der Waals surface area contributed by atoms with Gasteiger partial charge in [-0.1, -0.05) is 29.8 Å². The Labute approximate surface area is 93.1 Å². The molecule has 4 heteroatoms. The van der Waals surface area contributed by atoms with E-state index in [4.69, 9.17) is 10.3 Å². The van der Waals surface area contributed by atoms with Crippen molar-refractivity contribution in [3.05, 3.63) is 45.8 Å². The van der Waals surface area contributed by atoms with Crippen LogP contribution in [0.4, 0.5) is 0 Å². The Morgan fingerprint density at radius 1 is 1.31 bits per heavy atom. The first kappa shape index (κ1) is 10.7. The average Bonchev–Trinajstić information content (AvgIpc) is 2.63. The number of rotatable bonds is 3. The monoisotopic (exact) mass is 218 g/mol. The van der Waals surface area contributed by atoms with Crippen molar-refractivity contribution in [2.24, 2.45) is 5.73 Å². The smallest absolute Gasteiger partial charge is 0.338 e. The number of nitrogens with one attached hydrogen (secondary N) is 1. The van der Waals surface area contributed by atoms with Crippen LogP contribution in [0, 0.1) is 6.92 Å². The van der Waals surface area contributed by atoms with Gasteiger partial charge in [0.1, 0.15) is 0 Å². The van der Waals surface area contributed by atoms with Crippen molar-refractivity contribution in [2.75, 3.05) is 6.54 Å². The topological polar surface area (TPSA) is 72.0 Å². The predicted molar refractivity (Wildman–Crippen MR) is 62.3 cm³/mol. The van der Waals surface area contributed by atoms with E-state index < -0.39 is 0 Å². The summed E-state index contributed by atoms with van der Waals surface area (Å²) in [5.74, 6) is 0. The van der Waals surface area contributed by atoms with Gasteiger partial charge in [0.25, 0.3) is 0 Å². The number of H-pyrrole nitrogens is 1. The van der Waals surface area contributed by atoms with Crippen LogP contribution in [0.1, 0.15) is 11.1 Å². The van der Waals surface area contributed by atoms with Crippen molar-refractivity contribution < 1.29 is 4.52 Å². The second-order valence-electron chi connectivity index (χ2n) is 3.75. The van der Waals surface area contributed by atoms with Crippen LogP contribution in [0.3, 0.4) is 0 Å². The van der Waals surface area contributed by atoms with Crippen LogP contribution < -0.4 is 11.4 Å². The standard InChI is InChI=1S/C12H14N2O2/c1-8-2-4-9(5-3-8)11-10(6-7-13)12(15)16-14-11/h2-5,14H,6-7,13H2,1H3. The van der Waals surface area contributed by atoms with Crippen molar-refractivity contribution in [1.29, 1.82) is 0 Å². The van der Waals surface area contributed by atoms with E-state index in [9.17, 15) is 4.79 Å². The summed E-state index contributed by atoms with van der Waals surface area (Å²) < 4.78 is 4.80. The van der Waals surface area contributed by atoms with Gasteiger partial charge < -0.3 is 10.3 Å². The van der Waals surface area contributed by atoms with E-state index in [1.54, 1.807) is 0 Å². The molecule has 0 fully saturated rings. The van der Waals surface area contributed by atoms with E-state index in [-0.39, 0.29) is 5.63 Å². The average molecular weight is 218 g/mol. The van der Waals surface area contributed by atoms with Crippen molar-refractivity contribution in [2.45, 2.75) is 13.3 Å². The molecule has 0 unspecified atom stereocenters. The molecule has 16 heavy (non-hydrogen) atoms. The van der Waals surface area contributed by atoms with Gasteiger partial charge in [-0.3, -0.25) is 0 Å². The predicted octanol–water partition coefficient (Wildman–Crippen LogP) is 1.44. The van der Waals surface area contributed by atoms with Crippen LogP contribution in [-0.4, -0.2) is 11.7 Å². The molecule has 4 nitrogen and oxygen atoms in total. The Balaban J connectivity index is 2.47. The minimum absolute atomic E-state index is 0.332. The van der Waals surface area contributed by atoms with Gasteiger partial charge in [-0.15, -0.1) is 0 Å². The van der Waals surface area contributed by atoms with E-state index in [1.807, 2.05) is 31.2 Å². The van der Waals surface area contributed by atoms with Crippen LogP contribution in [-0.2, 0) is 6.42 Å². The Bertz CT molecular complexity index is 523. The highest BCUT2D eigenvalue weighted by atomic mass is 16.5. The fourth-order valence-corrected chi connectivity index (χ4v) is 1.65. The van der Waals surface area contributed by atoms with Crippen LogP contribution in [0.15, 0.2) is 33.6 Å². The lowest BCUT2D eigenvalue weighted by atomic mass is 10.0. The van der Waals surface area contributed by atoms with Crippen LogP contribution >= 0.6 is 0 Å². The number of benzene rings is 1. The first-order valence-corrected chi connectivity index (χ1v) is 5.20. The molecule has 0 radical (unpaired) electrons. The fraction of sp³-hybridized carbons (Fsp3) is 0.250.